The van der Waals surface area contributed by atoms with Crippen LogP contribution in [0.1, 0.15) is 32.1 Å². The number of nitrogens with zero attached hydrogens (tertiary/aromatic N) is 1. The topological polar surface area (TPSA) is 58.6 Å². The Hall–Kier alpha value is -1.10. The van der Waals surface area contributed by atoms with E-state index >= 15 is 0 Å². The maximum absolute atomic E-state index is 11.7. The van der Waals surface area contributed by atoms with Gasteiger partial charge in [0, 0.05) is 32.6 Å². The van der Waals surface area contributed by atoms with E-state index in [4.69, 9.17) is 0 Å². The highest BCUT2D eigenvalue weighted by atomic mass is 16.5. The minimum atomic E-state index is -0.222. The van der Waals surface area contributed by atoms with E-state index in [0.29, 0.717) is 25.9 Å². The van der Waals surface area contributed by atoms with Gasteiger partial charge in [-0.3, -0.25) is 9.59 Å². The van der Waals surface area contributed by atoms with Crippen molar-refractivity contribution in [1.29, 1.82) is 0 Å². The number of hydrogen-bond donors (Lipinski definition) is 1. The SMILES string of the molecule is COC(=O)CCNCCC(=O)N1CCCCC1. The van der Waals surface area contributed by atoms with E-state index in [-0.39, 0.29) is 11.9 Å². The van der Waals surface area contributed by atoms with Gasteiger partial charge in [0.25, 0.3) is 0 Å². The van der Waals surface area contributed by atoms with Gasteiger partial charge in [0.2, 0.25) is 5.91 Å². The quantitative estimate of drug-likeness (QED) is 0.545. The van der Waals surface area contributed by atoms with Gasteiger partial charge in [-0.2, -0.15) is 0 Å². The molecule has 0 aromatic heterocycles. The molecule has 1 aliphatic heterocycles. The molecule has 0 aliphatic carbocycles. The molecule has 1 saturated heterocycles. The van der Waals surface area contributed by atoms with Gasteiger partial charge >= 0.3 is 5.97 Å². The predicted octanol–water partition coefficient (Wildman–Crippen LogP) is 0.542. The number of carbonyl (C=O) groups is 2. The van der Waals surface area contributed by atoms with Crippen molar-refractivity contribution in [3.8, 4) is 0 Å². The van der Waals surface area contributed by atoms with E-state index in [0.717, 1.165) is 25.9 Å². The predicted molar refractivity (Wildman–Crippen MR) is 64.6 cm³/mol. The van der Waals surface area contributed by atoms with E-state index in [1.54, 1.807) is 0 Å². The van der Waals surface area contributed by atoms with E-state index in [2.05, 4.69) is 10.1 Å². The molecule has 17 heavy (non-hydrogen) atoms. The summed E-state index contributed by atoms with van der Waals surface area (Å²) in [6.45, 7) is 3.01. The molecule has 0 saturated carbocycles. The van der Waals surface area contributed by atoms with Crippen LogP contribution in [-0.4, -0.2) is 50.1 Å². The first-order chi connectivity index (χ1) is 8.24. The Bertz CT molecular complexity index is 250. The number of methoxy groups -OCH3 is 1. The fourth-order valence-corrected chi connectivity index (χ4v) is 1.91. The third-order valence-electron chi connectivity index (χ3n) is 2.96. The maximum Gasteiger partial charge on any atom is 0.306 e. The van der Waals surface area contributed by atoms with Crippen LogP contribution >= 0.6 is 0 Å². The summed E-state index contributed by atoms with van der Waals surface area (Å²) >= 11 is 0. The average molecular weight is 242 g/mol. The summed E-state index contributed by atoms with van der Waals surface area (Å²) in [7, 11) is 1.38. The van der Waals surface area contributed by atoms with Gasteiger partial charge in [0.05, 0.1) is 13.5 Å². The molecular weight excluding hydrogens is 220 g/mol. The van der Waals surface area contributed by atoms with Crippen LogP contribution in [0.5, 0.6) is 0 Å². The van der Waals surface area contributed by atoms with E-state index in [1.807, 2.05) is 4.90 Å². The Kier molecular flexibility index (Phi) is 6.62. The van der Waals surface area contributed by atoms with Crippen molar-refractivity contribution in [3.63, 3.8) is 0 Å². The minimum absolute atomic E-state index is 0.218. The molecule has 1 heterocycles. The van der Waals surface area contributed by atoms with Crippen LogP contribution in [0, 0.1) is 0 Å². The van der Waals surface area contributed by atoms with E-state index in [9.17, 15) is 9.59 Å². The third-order valence-corrected chi connectivity index (χ3v) is 2.96. The van der Waals surface area contributed by atoms with Gasteiger partial charge in [-0.05, 0) is 19.3 Å². The highest BCUT2D eigenvalue weighted by Gasteiger charge is 2.15. The molecule has 0 spiro atoms. The largest absolute Gasteiger partial charge is 0.469 e. The number of esters is 1. The Balaban J connectivity index is 2.01. The molecule has 1 amide bonds. The molecule has 1 N–H and O–H groups in total. The van der Waals surface area contributed by atoms with Crippen LogP contribution in [0.25, 0.3) is 0 Å². The van der Waals surface area contributed by atoms with Crippen molar-refractivity contribution in [2.45, 2.75) is 32.1 Å². The number of nitrogens with one attached hydrogen (secondary N) is 1. The summed E-state index contributed by atoms with van der Waals surface area (Å²) in [5.41, 5.74) is 0. The summed E-state index contributed by atoms with van der Waals surface area (Å²) in [4.78, 5) is 24.5. The Morgan fingerprint density at radius 2 is 1.76 bits per heavy atom. The molecule has 0 unspecified atom stereocenters. The van der Waals surface area contributed by atoms with Crippen LogP contribution in [0.4, 0.5) is 0 Å². The highest BCUT2D eigenvalue weighted by molar-refractivity contribution is 5.76. The Labute approximate surface area is 102 Å². The second-order valence-electron chi connectivity index (χ2n) is 4.27. The third kappa shape index (κ3) is 5.68. The molecule has 1 aliphatic rings. The van der Waals surface area contributed by atoms with Crippen molar-refractivity contribution < 1.29 is 14.3 Å². The molecular formula is C12H22N2O3. The first-order valence-electron chi connectivity index (χ1n) is 6.29. The first kappa shape index (κ1) is 14.0. The van der Waals surface area contributed by atoms with Crippen LogP contribution in [0.15, 0.2) is 0 Å². The zero-order chi connectivity index (χ0) is 12.5. The van der Waals surface area contributed by atoms with E-state index < -0.39 is 0 Å². The summed E-state index contributed by atoms with van der Waals surface area (Å²) in [6.07, 6.45) is 4.36. The highest BCUT2D eigenvalue weighted by Crippen LogP contribution is 2.09. The van der Waals surface area contributed by atoms with E-state index in [1.165, 1.54) is 13.5 Å². The number of amides is 1. The number of ether oxygens (including phenoxy) is 1. The van der Waals surface area contributed by atoms with Gasteiger partial charge in [-0.1, -0.05) is 0 Å². The number of rotatable bonds is 6. The fraction of sp³-hybridized carbons (Fsp3) is 0.833. The normalized spacial score (nSPS) is 15.7. The van der Waals surface area contributed by atoms with Gasteiger partial charge in [-0.25, -0.2) is 0 Å². The van der Waals surface area contributed by atoms with Crippen molar-refractivity contribution in [2.75, 3.05) is 33.3 Å². The van der Waals surface area contributed by atoms with Gasteiger partial charge in [-0.15, -0.1) is 0 Å². The molecule has 0 atom stereocenters. The smallest absolute Gasteiger partial charge is 0.306 e. The molecule has 0 radical (unpaired) electrons. The molecule has 0 bridgehead atoms. The van der Waals surface area contributed by atoms with Gasteiger partial charge in [0.15, 0.2) is 0 Å². The summed E-state index contributed by atoms with van der Waals surface area (Å²) in [6, 6.07) is 0. The monoisotopic (exact) mass is 242 g/mol. The molecule has 1 fully saturated rings. The fourth-order valence-electron chi connectivity index (χ4n) is 1.91. The lowest BCUT2D eigenvalue weighted by molar-refractivity contribution is -0.140. The van der Waals surface area contributed by atoms with Crippen molar-refractivity contribution in [1.82, 2.24) is 10.2 Å². The lowest BCUT2D eigenvalue weighted by atomic mass is 10.1. The lowest BCUT2D eigenvalue weighted by Gasteiger charge is -2.26. The van der Waals surface area contributed by atoms with Crippen LogP contribution < -0.4 is 5.32 Å². The second kappa shape index (κ2) is 8.06. The Morgan fingerprint density at radius 3 is 2.41 bits per heavy atom. The van der Waals surface area contributed by atoms with Gasteiger partial charge in [0.1, 0.15) is 0 Å². The maximum atomic E-state index is 11.7. The standard InChI is InChI=1S/C12H22N2O3/c1-17-12(16)6-8-13-7-5-11(15)14-9-3-2-4-10-14/h13H,2-10H2,1H3. The number of carbonyl (C=O) groups excluding carboxylic acids is 2. The van der Waals surface area contributed by atoms with Gasteiger partial charge < -0.3 is 15.0 Å². The molecule has 1 rings (SSSR count). The zero-order valence-electron chi connectivity index (χ0n) is 10.5. The molecule has 0 aromatic carbocycles. The molecule has 0 aromatic rings. The minimum Gasteiger partial charge on any atom is -0.469 e. The number of likely N-dealkylation sites (tertiary alicyclic amines) is 1. The lowest BCUT2D eigenvalue weighted by Crippen LogP contribution is -2.37. The van der Waals surface area contributed by atoms with Crippen molar-refractivity contribution in [2.24, 2.45) is 0 Å². The molecule has 98 valence electrons. The summed E-state index contributed by atoms with van der Waals surface area (Å²) < 4.78 is 4.52. The van der Waals surface area contributed by atoms with Crippen molar-refractivity contribution >= 4 is 11.9 Å². The van der Waals surface area contributed by atoms with Crippen LogP contribution in [0.3, 0.4) is 0 Å². The second-order valence-corrected chi connectivity index (χ2v) is 4.27. The van der Waals surface area contributed by atoms with Crippen LogP contribution in [0.2, 0.25) is 0 Å². The average Bonchev–Trinajstić information content (AvgIpc) is 2.38. The van der Waals surface area contributed by atoms with Crippen molar-refractivity contribution in [3.05, 3.63) is 0 Å². The number of piperidine rings is 1. The zero-order valence-corrected chi connectivity index (χ0v) is 10.5. The summed E-state index contributed by atoms with van der Waals surface area (Å²) in [5.74, 6) is -0.00451. The molecule has 5 heteroatoms. The molecule has 5 nitrogen and oxygen atoms in total. The summed E-state index contributed by atoms with van der Waals surface area (Å²) in [5, 5.41) is 3.07. The number of hydrogen-bond acceptors (Lipinski definition) is 4. The van der Waals surface area contributed by atoms with Crippen LogP contribution in [-0.2, 0) is 14.3 Å². The first-order valence-corrected chi connectivity index (χ1v) is 6.29. The Morgan fingerprint density at radius 1 is 1.12 bits per heavy atom.